The number of aryl methyl sites for hydroxylation is 2. The van der Waals surface area contributed by atoms with Crippen LogP contribution in [0, 0.1) is 6.92 Å². The van der Waals surface area contributed by atoms with Crippen molar-refractivity contribution in [3.05, 3.63) is 51.3 Å². The molecule has 4 nitrogen and oxygen atoms in total. The lowest BCUT2D eigenvalue weighted by molar-refractivity contribution is 0.343. The zero-order valence-corrected chi connectivity index (χ0v) is 14.2. The monoisotopic (exact) mass is 361 g/mol. The summed E-state index contributed by atoms with van der Waals surface area (Å²) in [6.45, 7) is 4.60. The lowest BCUT2D eigenvalue weighted by atomic mass is 10.1. The van der Waals surface area contributed by atoms with Gasteiger partial charge in [0.25, 0.3) is 0 Å². The van der Waals surface area contributed by atoms with E-state index < -0.39 is 0 Å². The van der Waals surface area contributed by atoms with E-state index in [-0.39, 0.29) is 0 Å². The van der Waals surface area contributed by atoms with E-state index in [0.29, 0.717) is 6.61 Å². The third kappa shape index (κ3) is 3.78. The van der Waals surface area contributed by atoms with Gasteiger partial charge in [-0.3, -0.25) is 5.10 Å². The van der Waals surface area contributed by atoms with E-state index in [1.54, 1.807) is 0 Å². The first kappa shape index (κ1) is 15.3. The number of aromatic nitrogens is 2. The SMILES string of the molecule is Cc1[nH]ncc1CCCNCC1=Cc2cc(Br)ccc2OC1. The first-order valence-corrected chi connectivity index (χ1v) is 8.33. The number of H-pyrrole nitrogens is 1. The van der Waals surface area contributed by atoms with Crippen molar-refractivity contribution >= 4 is 22.0 Å². The Kier molecular flexibility index (Phi) is 4.95. The second-order valence-corrected chi connectivity index (χ2v) is 6.49. The molecule has 0 radical (unpaired) electrons. The van der Waals surface area contributed by atoms with Gasteiger partial charge in [-0.2, -0.15) is 5.10 Å². The van der Waals surface area contributed by atoms with Crippen molar-refractivity contribution in [2.24, 2.45) is 0 Å². The Morgan fingerprint density at radius 2 is 2.32 bits per heavy atom. The Morgan fingerprint density at radius 1 is 1.41 bits per heavy atom. The maximum absolute atomic E-state index is 5.78. The van der Waals surface area contributed by atoms with Gasteiger partial charge in [0.15, 0.2) is 0 Å². The van der Waals surface area contributed by atoms with Crippen LogP contribution in [0.5, 0.6) is 5.75 Å². The van der Waals surface area contributed by atoms with E-state index in [1.807, 2.05) is 18.3 Å². The second kappa shape index (κ2) is 7.11. The molecule has 116 valence electrons. The fourth-order valence-corrected chi connectivity index (χ4v) is 2.96. The van der Waals surface area contributed by atoms with Crippen LogP contribution in [0.3, 0.4) is 0 Å². The fourth-order valence-electron chi connectivity index (χ4n) is 2.58. The lowest BCUT2D eigenvalue weighted by Crippen LogP contribution is -2.23. The van der Waals surface area contributed by atoms with E-state index in [9.17, 15) is 0 Å². The van der Waals surface area contributed by atoms with Crippen molar-refractivity contribution in [3.8, 4) is 5.75 Å². The predicted molar refractivity (Wildman–Crippen MR) is 92.1 cm³/mol. The van der Waals surface area contributed by atoms with Crippen LogP contribution in [0.1, 0.15) is 23.2 Å². The first-order valence-electron chi connectivity index (χ1n) is 7.54. The number of rotatable bonds is 6. The minimum Gasteiger partial charge on any atom is -0.489 e. The molecule has 0 saturated carbocycles. The standard InChI is InChI=1S/C17H20BrN3O/c1-12-14(10-20-21-12)3-2-6-19-9-13-7-15-8-16(18)4-5-17(15)22-11-13/h4-5,7-8,10,19H,2-3,6,9,11H2,1H3,(H,20,21). The minimum atomic E-state index is 0.669. The molecule has 0 amide bonds. The van der Waals surface area contributed by atoms with E-state index in [0.717, 1.165) is 41.7 Å². The summed E-state index contributed by atoms with van der Waals surface area (Å²) in [5.74, 6) is 0.961. The average Bonchev–Trinajstić information content (AvgIpc) is 2.92. The van der Waals surface area contributed by atoms with Crippen LogP contribution in [-0.2, 0) is 6.42 Å². The summed E-state index contributed by atoms with van der Waals surface area (Å²) in [5, 5.41) is 10.5. The number of benzene rings is 1. The molecule has 1 aromatic carbocycles. The molecule has 0 saturated heterocycles. The van der Waals surface area contributed by atoms with Crippen LogP contribution < -0.4 is 10.1 Å². The van der Waals surface area contributed by atoms with Gasteiger partial charge in [0.05, 0.1) is 6.20 Å². The number of nitrogens with one attached hydrogen (secondary N) is 2. The summed E-state index contributed by atoms with van der Waals surface area (Å²) in [6, 6.07) is 6.11. The van der Waals surface area contributed by atoms with Gasteiger partial charge in [-0.05, 0) is 61.7 Å². The van der Waals surface area contributed by atoms with Crippen LogP contribution in [-0.4, -0.2) is 29.9 Å². The van der Waals surface area contributed by atoms with E-state index in [1.165, 1.54) is 16.8 Å². The summed E-state index contributed by atoms with van der Waals surface area (Å²) in [7, 11) is 0. The van der Waals surface area contributed by atoms with Crippen molar-refractivity contribution in [2.75, 3.05) is 19.7 Å². The molecule has 0 spiro atoms. The summed E-state index contributed by atoms with van der Waals surface area (Å²) in [4.78, 5) is 0. The average molecular weight is 362 g/mol. The second-order valence-electron chi connectivity index (χ2n) is 5.57. The summed E-state index contributed by atoms with van der Waals surface area (Å²) in [5.41, 5.74) is 4.91. The molecule has 3 rings (SSSR count). The molecule has 22 heavy (non-hydrogen) atoms. The van der Waals surface area contributed by atoms with Crippen molar-refractivity contribution in [2.45, 2.75) is 19.8 Å². The highest BCUT2D eigenvalue weighted by Crippen LogP contribution is 2.28. The van der Waals surface area contributed by atoms with Crippen LogP contribution in [0.4, 0.5) is 0 Å². The summed E-state index contributed by atoms with van der Waals surface area (Å²) in [6.07, 6.45) is 6.30. The van der Waals surface area contributed by atoms with Gasteiger partial charge in [0.1, 0.15) is 12.4 Å². The Morgan fingerprint density at radius 3 is 3.14 bits per heavy atom. The van der Waals surface area contributed by atoms with Gasteiger partial charge in [-0.15, -0.1) is 0 Å². The zero-order chi connectivity index (χ0) is 15.4. The topological polar surface area (TPSA) is 49.9 Å². The normalized spacial score (nSPS) is 13.5. The molecule has 0 bridgehead atoms. The third-order valence-corrected chi connectivity index (χ3v) is 4.32. The van der Waals surface area contributed by atoms with Crippen LogP contribution in [0.25, 0.3) is 6.08 Å². The van der Waals surface area contributed by atoms with Gasteiger partial charge in [0, 0.05) is 22.3 Å². The maximum Gasteiger partial charge on any atom is 0.127 e. The van der Waals surface area contributed by atoms with Gasteiger partial charge in [-0.1, -0.05) is 15.9 Å². The number of hydrogen-bond donors (Lipinski definition) is 2. The van der Waals surface area contributed by atoms with Crippen molar-refractivity contribution in [1.29, 1.82) is 0 Å². The molecule has 0 fully saturated rings. The molecule has 2 aromatic rings. The molecule has 0 atom stereocenters. The molecule has 1 aliphatic rings. The predicted octanol–water partition coefficient (Wildman–Crippen LogP) is 3.48. The molecule has 0 aliphatic carbocycles. The van der Waals surface area contributed by atoms with Crippen LogP contribution in [0.2, 0.25) is 0 Å². The molecular formula is C17H20BrN3O. The van der Waals surface area contributed by atoms with E-state index in [4.69, 9.17) is 4.74 Å². The molecule has 2 heterocycles. The molecule has 2 N–H and O–H groups in total. The Labute approximate surface area is 139 Å². The van der Waals surface area contributed by atoms with Gasteiger partial charge in [-0.25, -0.2) is 0 Å². The first-order chi connectivity index (χ1) is 10.7. The fraction of sp³-hybridized carbons (Fsp3) is 0.353. The highest BCUT2D eigenvalue weighted by Gasteiger charge is 2.11. The third-order valence-electron chi connectivity index (χ3n) is 3.83. The number of aromatic amines is 1. The van der Waals surface area contributed by atoms with Crippen LogP contribution >= 0.6 is 15.9 Å². The van der Waals surface area contributed by atoms with E-state index in [2.05, 4.69) is 50.5 Å². The lowest BCUT2D eigenvalue weighted by Gasteiger charge is -2.18. The van der Waals surface area contributed by atoms with Gasteiger partial charge < -0.3 is 10.1 Å². The molecule has 1 aliphatic heterocycles. The Balaban J connectivity index is 1.45. The largest absolute Gasteiger partial charge is 0.489 e. The maximum atomic E-state index is 5.78. The van der Waals surface area contributed by atoms with Gasteiger partial charge in [0.2, 0.25) is 0 Å². The number of ether oxygens (including phenoxy) is 1. The molecule has 0 unspecified atom stereocenters. The number of halogens is 1. The minimum absolute atomic E-state index is 0.669. The zero-order valence-electron chi connectivity index (χ0n) is 12.7. The van der Waals surface area contributed by atoms with Crippen molar-refractivity contribution < 1.29 is 4.74 Å². The summed E-state index contributed by atoms with van der Waals surface area (Å²) >= 11 is 3.50. The molecule has 5 heteroatoms. The van der Waals surface area contributed by atoms with E-state index >= 15 is 0 Å². The van der Waals surface area contributed by atoms with Crippen molar-refractivity contribution in [1.82, 2.24) is 15.5 Å². The quantitative estimate of drug-likeness (QED) is 0.774. The molecule has 1 aromatic heterocycles. The number of fused-ring (bicyclic) bond motifs is 1. The molecular weight excluding hydrogens is 342 g/mol. The summed E-state index contributed by atoms with van der Waals surface area (Å²) < 4.78 is 6.86. The number of nitrogens with zero attached hydrogens (tertiary/aromatic N) is 1. The van der Waals surface area contributed by atoms with Crippen LogP contribution in [0.15, 0.2) is 34.4 Å². The highest BCUT2D eigenvalue weighted by molar-refractivity contribution is 9.10. The van der Waals surface area contributed by atoms with Crippen molar-refractivity contribution in [3.63, 3.8) is 0 Å². The number of hydrogen-bond acceptors (Lipinski definition) is 3. The van der Waals surface area contributed by atoms with Gasteiger partial charge >= 0.3 is 0 Å². The smallest absolute Gasteiger partial charge is 0.127 e. The Bertz CT molecular complexity index is 678. The Hall–Kier alpha value is -1.59. The highest BCUT2D eigenvalue weighted by atomic mass is 79.9.